The average molecular weight is 188 g/mol. The predicted molar refractivity (Wildman–Crippen MR) is 51.1 cm³/mol. The zero-order valence-electron chi connectivity index (χ0n) is 8.62. The molecule has 4 N–H and O–H groups in total. The van der Waals surface area contributed by atoms with Gasteiger partial charge in [0.1, 0.15) is 12.2 Å². The molecule has 78 valence electrons. The quantitative estimate of drug-likeness (QED) is 0.657. The summed E-state index contributed by atoms with van der Waals surface area (Å²) in [5.41, 5.74) is 11.1. The topological polar surface area (TPSA) is 70.5 Å². The molecule has 2 unspecified atom stereocenters. The van der Waals surface area contributed by atoms with Gasteiger partial charge < -0.3 is 20.9 Å². The van der Waals surface area contributed by atoms with Gasteiger partial charge >= 0.3 is 0 Å². The Morgan fingerprint density at radius 1 is 1.15 bits per heavy atom. The monoisotopic (exact) mass is 188 g/mol. The number of nitrogens with two attached hydrogens (primary N) is 2. The lowest BCUT2D eigenvalue weighted by atomic mass is 10.1. The summed E-state index contributed by atoms with van der Waals surface area (Å²) in [6.07, 6.45) is -0.116. The van der Waals surface area contributed by atoms with Crippen molar-refractivity contribution in [1.29, 1.82) is 0 Å². The van der Waals surface area contributed by atoms with Crippen molar-refractivity contribution in [2.75, 3.05) is 13.1 Å². The first-order valence-electron chi connectivity index (χ1n) is 4.79. The van der Waals surface area contributed by atoms with Gasteiger partial charge in [-0.3, -0.25) is 0 Å². The van der Waals surface area contributed by atoms with E-state index >= 15 is 0 Å². The van der Waals surface area contributed by atoms with Crippen LogP contribution in [0.5, 0.6) is 0 Å². The molecule has 0 aromatic rings. The molecular weight excluding hydrogens is 168 g/mol. The molecule has 0 aliphatic carbocycles. The van der Waals surface area contributed by atoms with E-state index in [9.17, 15) is 0 Å². The Labute approximate surface area is 79.6 Å². The third-order valence-corrected chi connectivity index (χ3v) is 2.70. The van der Waals surface area contributed by atoms with E-state index in [4.69, 9.17) is 20.9 Å². The van der Waals surface area contributed by atoms with Crippen molar-refractivity contribution < 1.29 is 9.47 Å². The van der Waals surface area contributed by atoms with Crippen LogP contribution in [0.3, 0.4) is 0 Å². The lowest BCUT2D eigenvalue weighted by molar-refractivity contribution is -0.189. The number of rotatable bonds is 3. The maximum absolute atomic E-state index is 5.74. The molecule has 0 amide bonds. The van der Waals surface area contributed by atoms with Gasteiger partial charge in [-0.1, -0.05) is 13.8 Å². The van der Waals surface area contributed by atoms with Crippen LogP contribution in [0.15, 0.2) is 0 Å². The van der Waals surface area contributed by atoms with Crippen molar-refractivity contribution in [2.45, 2.75) is 38.8 Å². The summed E-state index contributed by atoms with van der Waals surface area (Å²) in [7, 11) is 0. The molecule has 13 heavy (non-hydrogen) atoms. The molecule has 1 saturated heterocycles. The van der Waals surface area contributed by atoms with Crippen LogP contribution in [0.4, 0.5) is 0 Å². The van der Waals surface area contributed by atoms with E-state index in [1.165, 1.54) is 0 Å². The van der Waals surface area contributed by atoms with Crippen LogP contribution in [-0.2, 0) is 9.47 Å². The number of hydrogen-bond donors (Lipinski definition) is 2. The normalized spacial score (nSPS) is 40.2. The average Bonchev–Trinajstić information content (AvgIpc) is 2.43. The van der Waals surface area contributed by atoms with Gasteiger partial charge in [0.15, 0.2) is 5.79 Å². The Morgan fingerprint density at radius 2 is 1.54 bits per heavy atom. The molecule has 2 atom stereocenters. The third kappa shape index (κ3) is 2.02. The summed E-state index contributed by atoms with van der Waals surface area (Å²) < 4.78 is 11.5. The molecule has 4 heteroatoms. The SMILES string of the molecule is CC(C)C1(C)OC(CN)C(CN)O1. The van der Waals surface area contributed by atoms with Gasteiger partial charge in [0, 0.05) is 19.0 Å². The van der Waals surface area contributed by atoms with Crippen molar-refractivity contribution in [2.24, 2.45) is 17.4 Å². The van der Waals surface area contributed by atoms with Crippen molar-refractivity contribution in [3.63, 3.8) is 0 Å². The fraction of sp³-hybridized carbons (Fsp3) is 1.00. The molecule has 1 fully saturated rings. The first-order chi connectivity index (χ1) is 6.03. The van der Waals surface area contributed by atoms with Crippen molar-refractivity contribution in [3.05, 3.63) is 0 Å². The molecule has 0 aromatic carbocycles. The van der Waals surface area contributed by atoms with Crippen LogP contribution in [0.1, 0.15) is 20.8 Å². The standard InChI is InChI=1S/C9H20N2O2/c1-6(2)9(3)12-7(4-10)8(5-11)13-9/h6-8H,4-5,10-11H2,1-3H3. The zero-order valence-corrected chi connectivity index (χ0v) is 8.62. The van der Waals surface area contributed by atoms with E-state index in [2.05, 4.69) is 13.8 Å². The maximum Gasteiger partial charge on any atom is 0.168 e. The minimum Gasteiger partial charge on any atom is -0.343 e. The highest BCUT2D eigenvalue weighted by atomic mass is 16.8. The minimum atomic E-state index is -0.520. The smallest absolute Gasteiger partial charge is 0.168 e. The van der Waals surface area contributed by atoms with Crippen molar-refractivity contribution >= 4 is 0 Å². The molecule has 0 bridgehead atoms. The second kappa shape index (κ2) is 3.92. The van der Waals surface area contributed by atoms with Crippen molar-refractivity contribution in [3.8, 4) is 0 Å². The molecular formula is C9H20N2O2. The van der Waals surface area contributed by atoms with Gasteiger partial charge in [-0.2, -0.15) is 0 Å². The van der Waals surface area contributed by atoms with Crippen LogP contribution >= 0.6 is 0 Å². The van der Waals surface area contributed by atoms with Crippen LogP contribution in [0.25, 0.3) is 0 Å². The molecule has 4 nitrogen and oxygen atoms in total. The Kier molecular flexibility index (Phi) is 3.29. The molecule has 0 radical (unpaired) electrons. The first-order valence-corrected chi connectivity index (χ1v) is 4.79. The van der Waals surface area contributed by atoms with Crippen LogP contribution in [-0.4, -0.2) is 31.1 Å². The second-order valence-electron chi connectivity index (χ2n) is 3.95. The molecule has 1 aliphatic rings. The maximum atomic E-state index is 5.74. The van der Waals surface area contributed by atoms with Crippen LogP contribution in [0.2, 0.25) is 0 Å². The fourth-order valence-corrected chi connectivity index (χ4v) is 1.45. The Morgan fingerprint density at radius 3 is 1.77 bits per heavy atom. The first kappa shape index (κ1) is 10.9. The van der Waals surface area contributed by atoms with Gasteiger partial charge in [-0.15, -0.1) is 0 Å². The third-order valence-electron chi connectivity index (χ3n) is 2.70. The predicted octanol–water partition coefficient (Wildman–Crippen LogP) is 0.0600. The lowest BCUT2D eigenvalue weighted by Gasteiger charge is -2.27. The zero-order chi connectivity index (χ0) is 10.1. The van der Waals surface area contributed by atoms with E-state index in [0.717, 1.165) is 0 Å². The number of hydrogen-bond acceptors (Lipinski definition) is 4. The van der Waals surface area contributed by atoms with Gasteiger partial charge in [-0.25, -0.2) is 0 Å². The van der Waals surface area contributed by atoms with E-state index in [1.54, 1.807) is 0 Å². The number of ether oxygens (including phenoxy) is 2. The summed E-state index contributed by atoms with van der Waals surface area (Å²) >= 11 is 0. The van der Waals surface area contributed by atoms with Crippen molar-refractivity contribution in [1.82, 2.24) is 0 Å². The summed E-state index contributed by atoms with van der Waals surface area (Å²) in [4.78, 5) is 0. The highest BCUT2D eigenvalue weighted by Crippen LogP contribution is 2.33. The molecule has 0 saturated carbocycles. The molecule has 0 spiro atoms. The summed E-state index contributed by atoms with van der Waals surface area (Å²) in [5.74, 6) is -0.216. The van der Waals surface area contributed by atoms with E-state index in [1.807, 2.05) is 6.92 Å². The Bertz CT molecular complexity index is 161. The van der Waals surface area contributed by atoms with E-state index < -0.39 is 5.79 Å². The molecule has 0 aromatic heterocycles. The van der Waals surface area contributed by atoms with Gasteiger partial charge in [-0.05, 0) is 6.92 Å². The Balaban J connectivity index is 2.66. The van der Waals surface area contributed by atoms with E-state index in [0.29, 0.717) is 19.0 Å². The van der Waals surface area contributed by atoms with Crippen LogP contribution in [0, 0.1) is 5.92 Å². The largest absolute Gasteiger partial charge is 0.343 e. The Hall–Kier alpha value is -0.160. The molecule has 1 heterocycles. The van der Waals surface area contributed by atoms with Gasteiger partial charge in [0.2, 0.25) is 0 Å². The van der Waals surface area contributed by atoms with Crippen LogP contribution < -0.4 is 11.5 Å². The van der Waals surface area contributed by atoms with Gasteiger partial charge in [0.05, 0.1) is 0 Å². The second-order valence-corrected chi connectivity index (χ2v) is 3.95. The van der Waals surface area contributed by atoms with E-state index in [-0.39, 0.29) is 12.2 Å². The minimum absolute atomic E-state index is 0.0580. The fourth-order valence-electron chi connectivity index (χ4n) is 1.45. The highest BCUT2D eigenvalue weighted by Gasteiger charge is 2.44. The summed E-state index contributed by atoms with van der Waals surface area (Å²) in [6, 6.07) is 0. The summed E-state index contributed by atoms with van der Waals surface area (Å²) in [6.45, 7) is 6.99. The lowest BCUT2D eigenvalue weighted by Crippen LogP contribution is -2.35. The molecule has 1 aliphatic heterocycles. The molecule has 1 rings (SSSR count). The van der Waals surface area contributed by atoms with Gasteiger partial charge in [0.25, 0.3) is 0 Å². The highest BCUT2D eigenvalue weighted by molar-refractivity contribution is 4.86. The summed E-state index contributed by atoms with van der Waals surface area (Å²) in [5, 5.41) is 0.